The van der Waals surface area contributed by atoms with Gasteiger partial charge in [-0.15, -0.1) is 0 Å². The third kappa shape index (κ3) is 3.63. The van der Waals surface area contributed by atoms with Crippen LogP contribution in [-0.2, 0) is 10.0 Å². The van der Waals surface area contributed by atoms with Crippen molar-refractivity contribution in [2.75, 3.05) is 12.3 Å². The molecule has 1 aromatic rings. The first-order valence-electron chi connectivity index (χ1n) is 4.66. The summed E-state index contributed by atoms with van der Waals surface area (Å²) in [6.45, 7) is 1.21. The Hall–Kier alpha value is -0.700. The Bertz CT molecular complexity index is 519. The van der Waals surface area contributed by atoms with Crippen LogP contribution in [0.5, 0.6) is 0 Å². The van der Waals surface area contributed by atoms with Crippen molar-refractivity contribution in [2.45, 2.75) is 17.9 Å². The van der Waals surface area contributed by atoms with Gasteiger partial charge >= 0.3 is 0 Å². The molecule has 0 aliphatic carbocycles. The third-order valence-corrected chi connectivity index (χ3v) is 3.88. The van der Waals surface area contributed by atoms with Gasteiger partial charge in [-0.25, -0.2) is 17.5 Å². The van der Waals surface area contributed by atoms with E-state index in [1.807, 2.05) is 0 Å². The van der Waals surface area contributed by atoms with Crippen LogP contribution in [0, 0.1) is 5.82 Å². The number of hydrogen-bond acceptors (Lipinski definition) is 4. The van der Waals surface area contributed by atoms with Crippen molar-refractivity contribution in [1.29, 1.82) is 0 Å². The van der Waals surface area contributed by atoms with E-state index >= 15 is 0 Å². The van der Waals surface area contributed by atoms with Gasteiger partial charge in [0, 0.05) is 12.2 Å². The molecule has 0 heterocycles. The second-order valence-corrected chi connectivity index (χ2v) is 6.11. The summed E-state index contributed by atoms with van der Waals surface area (Å²) in [5.41, 5.74) is 5.56. The Labute approximate surface area is 107 Å². The molecular formula is C9H12BrFN2O3S. The van der Waals surface area contributed by atoms with Crippen LogP contribution in [0.25, 0.3) is 0 Å². The monoisotopic (exact) mass is 326 g/mol. The molecule has 0 aliphatic heterocycles. The number of aliphatic hydroxyl groups excluding tert-OH is 1. The third-order valence-electron chi connectivity index (χ3n) is 1.88. The molecule has 0 saturated carbocycles. The van der Waals surface area contributed by atoms with Crippen molar-refractivity contribution in [2.24, 2.45) is 0 Å². The summed E-state index contributed by atoms with van der Waals surface area (Å²) >= 11 is 2.87. The lowest BCUT2D eigenvalue weighted by Gasteiger charge is -2.10. The van der Waals surface area contributed by atoms with E-state index in [2.05, 4.69) is 20.7 Å². The van der Waals surface area contributed by atoms with E-state index in [1.54, 1.807) is 0 Å². The molecule has 0 spiro atoms. The van der Waals surface area contributed by atoms with Crippen LogP contribution >= 0.6 is 15.9 Å². The summed E-state index contributed by atoms with van der Waals surface area (Å²) < 4.78 is 39.1. The summed E-state index contributed by atoms with van der Waals surface area (Å²) in [5, 5.41) is 8.99. The Morgan fingerprint density at radius 3 is 2.71 bits per heavy atom. The van der Waals surface area contributed by atoms with Crippen molar-refractivity contribution in [3.8, 4) is 0 Å². The number of benzene rings is 1. The topological polar surface area (TPSA) is 92.4 Å². The average Bonchev–Trinajstić information content (AvgIpc) is 2.20. The van der Waals surface area contributed by atoms with Gasteiger partial charge in [0.2, 0.25) is 10.0 Å². The zero-order valence-corrected chi connectivity index (χ0v) is 11.3. The Kier molecular flexibility index (Phi) is 4.48. The molecule has 5 nitrogen and oxygen atoms in total. The molecular weight excluding hydrogens is 315 g/mol. The number of nitrogen functional groups attached to an aromatic ring is 1. The lowest BCUT2D eigenvalue weighted by Crippen LogP contribution is -2.31. The first-order chi connectivity index (χ1) is 7.74. The second-order valence-electron chi connectivity index (χ2n) is 3.52. The Balaban J connectivity index is 3.15. The fourth-order valence-corrected chi connectivity index (χ4v) is 2.95. The van der Waals surface area contributed by atoms with E-state index in [-0.39, 0.29) is 16.7 Å². The predicted octanol–water partition coefficient (Wildman–Crippen LogP) is 0.829. The molecule has 17 heavy (non-hydrogen) atoms. The van der Waals surface area contributed by atoms with Crippen LogP contribution in [-0.4, -0.2) is 26.2 Å². The van der Waals surface area contributed by atoms with Crippen LogP contribution in [0.3, 0.4) is 0 Å². The fourth-order valence-electron chi connectivity index (χ4n) is 1.09. The van der Waals surface area contributed by atoms with Crippen molar-refractivity contribution < 1.29 is 17.9 Å². The van der Waals surface area contributed by atoms with E-state index in [0.29, 0.717) is 0 Å². The van der Waals surface area contributed by atoms with Crippen molar-refractivity contribution in [3.63, 3.8) is 0 Å². The first-order valence-corrected chi connectivity index (χ1v) is 6.94. The number of nitrogens with two attached hydrogens (primary N) is 1. The molecule has 96 valence electrons. The number of sulfonamides is 1. The molecule has 0 aliphatic rings. The summed E-state index contributed by atoms with van der Waals surface area (Å²) in [6.07, 6.45) is -0.864. The fraction of sp³-hybridized carbons (Fsp3) is 0.333. The zero-order chi connectivity index (χ0) is 13.2. The van der Waals surface area contributed by atoms with Crippen LogP contribution in [0.15, 0.2) is 21.5 Å². The molecule has 4 N–H and O–H groups in total. The van der Waals surface area contributed by atoms with Gasteiger partial charge in [0.05, 0.1) is 10.6 Å². The number of rotatable bonds is 4. The number of halogens is 2. The maximum Gasteiger partial charge on any atom is 0.243 e. The number of anilines is 1. The molecule has 0 amide bonds. The van der Waals surface area contributed by atoms with Gasteiger partial charge in [-0.05, 0) is 35.0 Å². The Morgan fingerprint density at radius 2 is 2.18 bits per heavy atom. The quantitative estimate of drug-likeness (QED) is 0.714. The van der Waals surface area contributed by atoms with E-state index in [9.17, 15) is 12.8 Å². The predicted molar refractivity (Wildman–Crippen MR) is 65.4 cm³/mol. The van der Waals surface area contributed by atoms with Gasteiger partial charge in [0.25, 0.3) is 0 Å². The minimum absolute atomic E-state index is 0.0325. The van der Waals surface area contributed by atoms with Crippen molar-refractivity contribution >= 4 is 31.6 Å². The van der Waals surface area contributed by atoms with Gasteiger partial charge in [-0.1, -0.05) is 0 Å². The SMILES string of the molecule is C[C@@H](O)CNS(=O)(=O)c1cc(N)cc(Br)c1F. The molecule has 0 aromatic heterocycles. The summed E-state index contributed by atoms with van der Waals surface area (Å²) in [7, 11) is -4.03. The van der Waals surface area contributed by atoms with Crippen LogP contribution in [0.1, 0.15) is 6.92 Å². The molecule has 0 radical (unpaired) electrons. The zero-order valence-electron chi connectivity index (χ0n) is 8.94. The van der Waals surface area contributed by atoms with Crippen LogP contribution in [0.4, 0.5) is 10.1 Å². The first kappa shape index (κ1) is 14.4. The van der Waals surface area contributed by atoms with E-state index in [4.69, 9.17) is 10.8 Å². The van der Waals surface area contributed by atoms with Crippen molar-refractivity contribution in [1.82, 2.24) is 4.72 Å². The van der Waals surface area contributed by atoms with E-state index in [1.165, 1.54) is 13.0 Å². The lowest BCUT2D eigenvalue weighted by atomic mass is 10.3. The minimum Gasteiger partial charge on any atom is -0.399 e. The van der Waals surface area contributed by atoms with Gasteiger partial charge in [0.15, 0.2) is 5.82 Å². The minimum atomic E-state index is -4.03. The molecule has 0 fully saturated rings. The highest BCUT2D eigenvalue weighted by Gasteiger charge is 2.21. The second kappa shape index (κ2) is 5.30. The Morgan fingerprint density at radius 1 is 1.59 bits per heavy atom. The van der Waals surface area contributed by atoms with E-state index < -0.39 is 26.8 Å². The maximum atomic E-state index is 13.6. The van der Waals surface area contributed by atoms with Gasteiger partial charge < -0.3 is 10.8 Å². The molecule has 0 unspecified atom stereocenters. The molecule has 8 heteroatoms. The van der Waals surface area contributed by atoms with Crippen LogP contribution < -0.4 is 10.5 Å². The average molecular weight is 327 g/mol. The molecule has 1 aromatic carbocycles. The molecule has 1 rings (SSSR count). The highest BCUT2D eigenvalue weighted by molar-refractivity contribution is 9.10. The number of hydrogen-bond donors (Lipinski definition) is 3. The summed E-state index contributed by atoms with van der Waals surface area (Å²) in [4.78, 5) is -0.551. The van der Waals surface area contributed by atoms with Crippen LogP contribution in [0.2, 0.25) is 0 Å². The van der Waals surface area contributed by atoms with Gasteiger partial charge in [-0.3, -0.25) is 0 Å². The normalized spacial score (nSPS) is 13.6. The lowest BCUT2D eigenvalue weighted by molar-refractivity contribution is 0.198. The van der Waals surface area contributed by atoms with E-state index in [0.717, 1.165) is 6.07 Å². The number of nitrogens with one attached hydrogen (secondary N) is 1. The highest BCUT2D eigenvalue weighted by atomic mass is 79.9. The molecule has 0 saturated heterocycles. The smallest absolute Gasteiger partial charge is 0.243 e. The molecule has 1 atom stereocenters. The summed E-state index contributed by atoms with van der Waals surface area (Å²) in [6, 6.07) is 2.29. The standard InChI is InChI=1S/C9H12BrFN2O3S/c1-5(14)4-13-17(15,16)8-3-6(12)2-7(10)9(8)11/h2-3,5,13-14H,4,12H2,1H3/t5-/m1/s1. The highest BCUT2D eigenvalue weighted by Crippen LogP contribution is 2.25. The maximum absolute atomic E-state index is 13.6. The van der Waals surface area contributed by atoms with Crippen molar-refractivity contribution in [3.05, 3.63) is 22.4 Å². The molecule has 0 bridgehead atoms. The van der Waals surface area contributed by atoms with Gasteiger partial charge in [0.1, 0.15) is 4.90 Å². The largest absolute Gasteiger partial charge is 0.399 e. The van der Waals surface area contributed by atoms with Gasteiger partial charge in [-0.2, -0.15) is 0 Å². The summed E-state index contributed by atoms with van der Waals surface area (Å²) in [5.74, 6) is -0.919. The number of aliphatic hydroxyl groups is 1.